The molecule has 314 valence electrons. The molecule has 0 amide bonds. The lowest BCUT2D eigenvalue weighted by atomic mass is 9.94. The first kappa shape index (κ1) is 38.5. The highest BCUT2D eigenvalue weighted by molar-refractivity contribution is 6.09. The van der Waals surface area contributed by atoms with Gasteiger partial charge in [0.05, 0.1) is 16.7 Å². The number of para-hydroxylation sites is 3. The Hall–Kier alpha value is -8.92. The van der Waals surface area contributed by atoms with Crippen LogP contribution in [0.2, 0.25) is 0 Å². The molecule has 0 saturated carbocycles. The van der Waals surface area contributed by atoms with Gasteiger partial charge in [-0.2, -0.15) is 0 Å². The van der Waals surface area contributed by atoms with Gasteiger partial charge in [-0.25, -0.2) is 0 Å². The van der Waals surface area contributed by atoms with Gasteiger partial charge in [0.15, 0.2) is 0 Å². The second kappa shape index (κ2) is 16.0. The van der Waals surface area contributed by atoms with Crippen molar-refractivity contribution in [3.05, 3.63) is 255 Å². The summed E-state index contributed by atoms with van der Waals surface area (Å²) in [6.45, 7) is 0. The normalized spacial score (nSPS) is 11.6. The van der Waals surface area contributed by atoms with E-state index in [1.165, 1.54) is 38.1 Å². The van der Waals surface area contributed by atoms with Gasteiger partial charge in [-0.1, -0.05) is 182 Å². The van der Waals surface area contributed by atoms with Gasteiger partial charge in [0.1, 0.15) is 11.2 Å². The molecule has 0 aliphatic carbocycles. The minimum atomic E-state index is 0.892. The summed E-state index contributed by atoms with van der Waals surface area (Å²) < 4.78 is 8.70. The van der Waals surface area contributed by atoms with Gasteiger partial charge in [-0.3, -0.25) is 0 Å². The standard InChI is InChI=1S/C64H42N2O/c1-2-14-46(15-3-1)55-38-33-49(54-24-13-17-45-16-4-5-20-53(45)54)41-62(55)65(51-36-30-44(31-37-51)48-32-39-59-58-23-8-11-27-63(58)67-64(59)42-48)50-34-28-43(29-35-50)47-18-12-19-52(40-47)66-60-25-9-6-21-56(60)57-22-7-10-26-61(57)66/h1-42H. The first-order valence-electron chi connectivity index (χ1n) is 22.9. The molecular weight excluding hydrogens is 813 g/mol. The van der Waals surface area contributed by atoms with Crippen LogP contribution in [0.3, 0.4) is 0 Å². The quantitative estimate of drug-likeness (QED) is 0.152. The summed E-state index contributed by atoms with van der Waals surface area (Å²) in [6, 6.07) is 92.1. The van der Waals surface area contributed by atoms with Crippen molar-refractivity contribution in [3.8, 4) is 50.2 Å². The molecule has 2 aromatic heterocycles. The van der Waals surface area contributed by atoms with E-state index >= 15 is 0 Å². The van der Waals surface area contributed by atoms with Crippen molar-refractivity contribution in [1.82, 2.24) is 4.57 Å². The Labute approximate surface area is 388 Å². The zero-order chi connectivity index (χ0) is 44.3. The molecule has 0 aliphatic heterocycles. The molecule has 11 aromatic carbocycles. The van der Waals surface area contributed by atoms with Crippen molar-refractivity contribution in [3.63, 3.8) is 0 Å². The molecule has 0 saturated heterocycles. The maximum absolute atomic E-state index is 6.31. The zero-order valence-electron chi connectivity index (χ0n) is 36.6. The summed E-state index contributed by atoms with van der Waals surface area (Å²) in [7, 11) is 0. The van der Waals surface area contributed by atoms with Gasteiger partial charge in [0.2, 0.25) is 0 Å². The van der Waals surface area contributed by atoms with Crippen LogP contribution in [0.25, 0.3) is 105 Å². The topological polar surface area (TPSA) is 21.3 Å². The minimum Gasteiger partial charge on any atom is -0.456 e. The van der Waals surface area contributed by atoms with Gasteiger partial charge in [0.25, 0.3) is 0 Å². The van der Waals surface area contributed by atoms with Crippen molar-refractivity contribution in [2.24, 2.45) is 0 Å². The average Bonchev–Trinajstić information content (AvgIpc) is 3.95. The number of hydrogen-bond acceptors (Lipinski definition) is 2. The van der Waals surface area contributed by atoms with Crippen molar-refractivity contribution >= 4 is 71.6 Å². The number of anilines is 3. The number of hydrogen-bond donors (Lipinski definition) is 0. The molecule has 2 heterocycles. The fourth-order valence-electron chi connectivity index (χ4n) is 10.2. The van der Waals surface area contributed by atoms with E-state index in [4.69, 9.17) is 4.42 Å². The molecule has 13 aromatic rings. The predicted octanol–water partition coefficient (Wildman–Crippen LogP) is 18.0. The molecule has 0 fully saturated rings. The van der Waals surface area contributed by atoms with Gasteiger partial charge < -0.3 is 13.9 Å². The van der Waals surface area contributed by atoms with Crippen LogP contribution < -0.4 is 4.90 Å². The molecule has 0 atom stereocenters. The molecule has 0 unspecified atom stereocenters. The van der Waals surface area contributed by atoms with Crippen LogP contribution in [0.15, 0.2) is 259 Å². The van der Waals surface area contributed by atoms with E-state index in [0.29, 0.717) is 0 Å². The number of rotatable bonds is 8. The van der Waals surface area contributed by atoms with Crippen LogP contribution in [-0.2, 0) is 0 Å². The molecular formula is C64H42N2O. The second-order valence-corrected chi connectivity index (χ2v) is 17.3. The summed E-state index contributed by atoms with van der Waals surface area (Å²) in [5.41, 5.74) is 17.7. The largest absolute Gasteiger partial charge is 0.456 e. The van der Waals surface area contributed by atoms with Crippen LogP contribution >= 0.6 is 0 Å². The van der Waals surface area contributed by atoms with E-state index in [9.17, 15) is 0 Å². The number of nitrogens with zero attached hydrogens (tertiary/aromatic N) is 2. The van der Waals surface area contributed by atoms with Gasteiger partial charge in [-0.15, -0.1) is 0 Å². The minimum absolute atomic E-state index is 0.892. The fourth-order valence-corrected chi connectivity index (χ4v) is 10.2. The van der Waals surface area contributed by atoms with E-state index in [1.807, 2.05) is 12.1 Å². The molecule has 3 nitrogen and oxygen atoms in total. The van der Waals surface area contributed by atoms with Crippen molar-refractivity contribution in [2.45, 2.75) is 0 Å². The number of benzene rings is 11. The SMILES string of the molecule is c1ccc(-c2ccc(-c3cccc4ccccc34)cc2N(c2ccc(-c3cccc(-n4c5ccccc5c5ccccc54)c3)cc2)c2ccc(-c3ccc4c(c3)oc3ccccc34)cc2)cc1. The molecule has 0 spiro atoms. The Morgan fingerprint density at radius 1 is 0.299 bits per heavy atom. The first-order valence-corrected chi connectivity index (χ1v) is 22.9. The first-order chi connectivity index (χ1) is 33.2. The van der Waals surface area contributed by atoms with Gasteiger partial charge in [0, 0.05) is 44.2 Å². The highest BCUT2D eigenvalue weighted by atomic mass is 16.3. The zero-order valence-corrected chi connectivity index (χ0v) is 36.6. The van der Waals surface area contributed by atoms with E-state index in [1.54, 1.807) is 0 Å². The molecule has 3 heteroatoms. The molecule has 0 N–H and O–H groups in total. The monoisotopic (exact) mass is 854 g/mol. The summed E-state index contributed by atoms with van der Waals surface area (Å²) >= 11 is 0. The van der Waals surface area contributed by atoms with Gasteiger partial charge >= 0.3 is 0 Å². The smallest absolute Gasteiger partial charge is 0.136 e. The highest BCUT2D eigenvalue weighted by Crippen LogP contribution is 2.45. The molecule has 13 rings (SSSR count). The summed E-state index contributed by atoms with van der Waals surface area (Å²) in [6.07, 6.45) is 0. The number of fused-ring (bicyclic) bond motifs is 7. The maximum Gasteiger partial charge on any atom is 0.136 e. The Morgan fingerprint density at radius 2 is 0.836 bits per heavy atom. The molecule has 67 heavy (non-hydrogen) atoms. The van der Waals surface area contributed by atoms with Crippen molar-refractivity contribution < 1.29 is 4.42 Å². The van der Waals surface area contributed by atoms with E-state index < -0.39 is 0 Å². The average molecular weight is 855 g/mol. The lowest BCUT2D eigenvalue weighted by molar-refractivity contribution is 0.669. The summed E-state index contributed by atoms with van der Waals surface area (Å²) in [4.78, 5) is 2.42. The third kappa shape index (κ3) is 6.67. The van der Waals surface area contributed by atoms with Crippen LogP contribution in [0, 0.1) is 0 Å². The van der Waals surface area contributed by atoms with E-state index in [-0.39, 0.29) is 0 Å². The third-order valence-electron chi connectivity index (χ3n) is 13.4. The Bertz CT molecular complexity index is 3910. The predicted molar refractivity (Wildman–Crippen MR) is 282 cm³/mol. The fraction of sp³-hybridized carbons (Fsp3) is 0. The lowest BCUT2D eigenvalue weighted by Crippen LogP contribution is -2.11. The third-order valence-corrected chi connectivity index (χ3v) is 13.4. The Balaban J connectivity index is 0.953. The van der Waals surface area contributed by atoms with Crippen LogP contribution in [0.4, 0.5) is 17.1 Å². The molecule has 0 radical (unpaired) electrons. The summed E-state index contributed by atoms with van der Waals surface area (Å²) in [5.74, 6) is 0. The number of aromatic nitrogens is 1. The maximum atomic E-state index is 6.31. The lowest BCUT2D eigenvalue weighted by Gasteiger charge is -2.29. The van der Waals surface area contributed by atoms with Crippen molar-refractivity contribution in [2.75, 3.05) is 4.90 Å². The summed E-state index contributed by atoms with van der Waals surface area (Å²) in [5, 5.41) is 7.23. The van der Waals surface area contributed by atoms with E-state index in [2.05, 4.69) is 252 Å². The van der Waals surface area contributed by atoms with Crippen LogP contribution in [0.5, 0.6) is 0 Å². The number of furan rings is 1. The second-order valence-electron chi connectivity index (χ2n) is 17.3. The molecule has 0 aliphatic rings. The van der Waals surface area contributed by atoms with Crippen LogP contribution in [-0.4, -0.2) is 4.57 Å². The van der Waals surface area contributed by atoms with E-state index in [0.717, 1.165) is 83.6 Å². The van der Waals surface area contributed by atoms with Gasteiger partial charge in [-0.05, 0) is 123 Å². The Kier molecular flexibility index (Phi) is 9.17. The highest BCUT2D eigenvalue weighted by Gasteiger charge is 2.20. The molecule has 0 bridgehead atoms. The van der Waals surface area contributed by atoms with Crippen molar-refractivity contribution in [1.29, 1.82) is 0 Å². The van der Waals surface area contributed by atoms with Crippen LogP contribution in [0.1, 0.15) is 0 Å². The Morgan fingerprint density at radius 3 is 1.57 bits per heavy atom.